The molecule has 7 nitrogen and oxygen atoms in total. The van der Waals surface area contributed by atoms with Crippen LogP contribution >= 0.6 is 0 Å². The molecule has 0 fully saturated rings. The second-order valence-electron chi connectivity index (χ2n) is 6.96. The zero-order valence-electron chi connectivity index (χ0n) is 17.3. The molecule has 0 aliphatic rings. The zero-order valence-corrected chi connectivity index (χ0v) is 17.3. The van der Waals surface area contributed by atoms with E-state index in [0.29, 0.717) is 28.2 Å². The Bertz CT molecular complexity index is 1090. The number of para-hydroxylation sites is 1. The second-order valence-corrected chi connectivity index (χ2v) is 6.96. The smallest absolute Gasteiger partial charge is 0.342 e. The Labute approximate surface area is 174 Å². The highest BCUT2D eigenvalue weighted by molar-refractivity contribution is 5.99. The van der Waals surface area contributed by atoms with Crippen LogP contribution in [0.3, 0.4) is 0 Å². The number of carbonyl (C=O) groups is 3. The fourth-order valence-electron chi connectivity index (χ4n) is 3.06. The largest absolute Gasteiger partial charge is 0.449 e. The van der Waals surface area contributed by atoms with Crippen LogP contribution in [0.15, 0.2) is 54.6 Å². The Morgan fingerprint density at radius 2 is 1.63 bits per heavy atom. The first-order chi connectivity index (χ1) is 14.3. The molecule has 0 spiro atoms. The van der Waals surface area contributed by atoms with Gasteiger partial charge in [0.1, 0.15) is 5.56 Å². The maximum Gasteiger partial charge on any atom is 0.342 e. The van der Waals surface area contributed by atoms with Gasteiger partial charge in [-0.3, -0.25) is 9.59 Å². The third-order valence-electron chi connectivity index (χ3n) is 4.71. The first-order valence-electron chi connectivity index (χ1n) is 9.52. The van der Waals surface area contributed by atoms with Gasteiger partial charge in [0.05, 0.1) is 17.1 Å². The Hall–Kier alpha value is -3.74. The third-order valence-corrected chi connectivity index (χ3v) is 4.71. The lowest BCUT2D eigenvalue weighted by atomic mass is 10.1. The summed E-state index contributed by atoms with van der Waals surface area (Å²) >= 11 is 0. The van der Waals surface area contributed by atoms with Gasteiger partial charge in [0.2, 0.25) is 0 Å². The summed E-state index contributed by atoms with van der Waals surface area (Å²) in [5, 5.41) is 7.11. The van der Waals surface area contributed by atoms with E-state index in [-0.39, 0.29) is 5.78 Å². The van der Waals surface area contributed by atoms with Gasteiger partial charge in [-0.05, 0) is 64.1 Å². The van der Waals surface area contributed by atoms with Gasteiger partial charge in [0, 0.05) is 11.3 Å². The van der Waals surface area contributed by atoms with E-state index < -0.39 is 18.0 Å². The predicted octanol–water partition coefficient (Wildman–Crippen LogP) is 3.88. The first-order valence-corrected chi connectivity index (χ1v) is 9.52. The fourth-order valence-corrected chi connectivity index (χ4v) is 3.06. The number of hydrogen-bond acceptors (Lipinski definition) is 5. The maximum atomic E-state index is 12.7. The highest BCUT2D eigenvalue weighted by Gasteiger charge is 2.25. The van der Waals surface area contributed by atoms with Crippen molar-refractivity contribution in [1.82, 2.24) is 9.78 Å². The number of ether oxygens (including phenoxy) is 1. The Morgan fingerprint density at radius 1 is 1.00 bits per heavy atom. The van der Waals surface area contributed by atoms with E-state index in [9.17, 15) is 14.4 Å². The van der Waals surface area contributed by atoms with Crippen LogP contribution in [0.1, 0.15) is 46.0 Å². The molecule has 1 aromatic heterocycles. The van der Waals surface area contributed by atoms with E-state index >= 15 is 0 Å². The molecule has 7 heteroatoms. The summed E-state index contributed by atoms with van der Waals surface area (Å²) in [7, 11) is 0. The summed E-state index contributed by atoms with van der Waals surface area (Å²) in [6.45, 7) is 6.48. The standard InChI is InChI=1S/C23H23N3O4/c1-14-21(15(2)26(25-14)20-8-6-5-7-9-20)23(29)30-17(4)22(28)24-19-12-10-18(11-13-19)16(3)27/h5-13,17H,1-4H3,(H,24,28)/t17-/m1/s1. The molecular weight excluding hydrogens is 382 g/mol. The number of rotatable bonds is 6. The molecule has 3 aromatic rings. The average Bonchev–Trinajstić information content (AvgIpc) is 3.03. The van der Waals surface area contributed by atoms with Gasteiger partial charge in [-0.15, -0.1) is 0 Å². The Balaban J connectivity index is 1.70. The number of esters is 1. The molecule has 0 radical (unpaired) electrons. The minimum atomic E-state index is -1.01. The molecule has 0 saturated heterocycles. The molecule has 0 unspecified atom stereocenters. The van der Waals surface area contributed by atoms with E-state index in [4.69, 9.17) is 4.74 Å². The van der Waals surface area contributed by atoms with E-state index in [2.05, 4.69) is 10.4 Å². The Morgan fingerprint density at radius 3 is 2.23 bits per heavy atom. The predicted molar refractivity (Wildman–Crippen MR) is 113 cm³/mol. The number of nitrogens with zero attached hydrogens (tertiary/aromatic N) is 2. The van der Waals surface area contributed by atoms with Gasteiger partial charge in [0.25, 0.3) is 5.91 Å². The molecule has 0 bridgehead atoms. The van der Waals surface area contributed by atoms with Crippen molar-refractivity contribution in [2.24, 2.45) is 0 Å². The molecule has 2 aromatic carbocycles. The first kappa shape index (κ1) is 21.0. The highest BCUT2D eigenvalue weighted by atomic mass is 16.5. The summed E-state index contributed by atoms with van der Waals surface area (Å²) in [4.78, 5) is 36.5. The molecule has 1 N–H and O–H groups in total. The summed E-state index contributed by atoms with van der Waals surface area (Å²) in [6, 6.07) is 16.0. The molecular formula is C23H23N3O4. The second kappa shape index (κ2) is 8.73. The fraction of sp³-hybridized carbons (Fsp3) is 0.217. The molecule has 30 heavy (non-hydrogen) atoms. The van der Waals surface area contributed by atoms with E-state index in [1.807, 2.05) is 30.3 Å². The van der Waals surface area contributed by atoms with Crippen molar-refractivity contribution < 1.29 is 19.1 Å². The molecule has 3 rings (SSSR count). The van der Waals surface area contributed by atoms with Gasteiger partial charge in [-0.1, -0.05) is 18.2 Å². The number of Topliss-reactive ketones (excluding diaryl/α,β-unsaturated/α-hetero) is 1. The number of aromatic nitrogens is 2. The molecule has 154 valence electrons. The lowest BCUT2D eigenvalue weighted by Gasteiger charge is -2.14. The maximum absolute atomic E-state index is 12.7. The van der Waals surface area contributed by atoms with Gasteiger partial charge in [0.15, 0.2) is 11.9 Å². The number of aryl methyl sites for hydroxylation is 1. The van der Waals surface area contributed by atoms with E-state index in [1.54, 1.807) is 42.8 Å². The number of hydrogen-bond donors (Lipinski definition) is 1. The monoisotopic (exact) mass is 405 g/mol. The normalized spacial score (nSPS) is 11.6. The number of benzene rings is 2. The van der Waals surface area contributed by atoms with Crippen molar-refractivity contribution in [3.05, 3.63) is 77.1 Å². The molecule has 0 saturated carbocycles. The number of amides is 1. The average molecular weight is 405 g/mol. The van der Waals surface area contributed by atoms with Gasteiger partial charge >= 0.3 is 5.97 Å². The van der Waals surface area contributed by atoms with Crippen molar-refractivity contribution in [1.29, 1.82) is 0 Å². The number of carbonyl (C=O) groups excluding carboxylic acids is 3. The van der Waals surface area contributed by atoms with Crippen LogP contribution in [0.4, 0.5) is 5.69 Å². The molecule has 0 aliphatic heterocycles. The van der Waals surface area contributed by atoms with Crippen LogP contribution in [0, 0.1) is 13.8 Å². The van der Waals surface area contributed by atoms with Crippen LogP contribution in [0.2, 0.25) is 0 Å². The van der Waals surface area contributed by atoms with Crippen LogP contribution in [-0.2, 0) is 9.53 Å². The lowest BCUT2D eigenvalue weighted by Crippen LogP contribution is -2.30. The van der Waals surface area contributed by atoms with Crippen molar-refractivity contribution in [2.75, 3.05) is 5.32 Å². The van der Waals surface area contributed by atoms with Gasteiger partial charge < -0.3 is 10.1 Å². The number of nitrogens with one attached hydrogen (secondary N) is 1. The van der Waals surface area contributed by atoms with Crippen molar-refractivity contribution >= 4 is 23.3 Å². The highest BCUT2D eigenvalue weighted by Crippen LogP contribution is 2.19. The molecule has 1 atom stereocenters. The van der Waals surface area contributed by atoms with Crippen LogP contribution in [0.25, 0.3) is 5.69 Å². The van der Waals surface area contributed by atoms with Crippen molar-refractivity contribution in [3.63, 3.8) is 0 Å². The third kappa shape index (κ3) is 4.46. The van der Waals surface area contributed by atoms with Crippen molar-refractivity contribution in [3.8, 4) is 5.69 Å². The summed E-state index contributed by atoms with van der Waals surface area (Å²) in [5.74, 6) is -1.14. The van der Waals surface area contributed by atoms with Crippen molar-refractivity contribution in [2.45, 2.75) is 33.8 Å². The number of anilines is 1. The summed E-state index contributed by atoms with van der Waals surface area (Å²) in [6.07, 6.45) is -1.01. The molecule has 0 aliphatic carbocycles. The zero-order chi connectivity index (χ0) is 21.8. The summed E-state index contributed by atoms with van der Waals surface area (Å²) in [5.41, 5.74) is 3.39. The summed E-state index contributed by atoms with van der Waals surface area (Å²) < 4.78 is 7.06. The SMILES string of the molecule is CC(=O)c1ccc(NC(=O)[C@@H](C)OC(=O)c2c(C)nn(-c3ccccc3)c2C)cc1. The lowest BCUT2D eigenvalue weighted by molar-refractivity contribution is -0.123. The van der Waals surface area contributed by atoms with Gasteiger partial charge in [-0.25, -0.2) is 9.48 Å². The number of ketones is 1. The van der Waals surface area contributed by atoms with Crippen LogP contribution in [0.5, 0.6) is 0 Å². The molecule has 1 heterocycles. The van der Waals surface area contributed by atoms with E-state index in [0.717, 1.165) is 5.69 Å². The quantitative estimate of drug-likeness (QED) is 0.497. The minimum Gasteiger partial charge on any atom is -0.449 e. The van der Waals surface area contributed by atoms with Crippen LogP contribution in [-0.4, -0.2) is 33.5 Å². The van der Waals surface area contributed by atoms with Crippen LogP contribution < -0.4 is 5.32 Å². The minimum absolute atomic E-state index is 0.0584. The Kier molecular flexibility index (Phi) is 6.11. The van der Waals surface area contributed by atoms with E-state index in [1.165, 1.54) is 13.8 Å². The topological polar surface area (TPSA) is 90.3 Å². The van der Waals surface area contributed by atoms with Gasteiger partial charge in [-0.2, -0.15) is 5.10 Å². The molecule has 1 amide bonds.